The number of nitrogens with one attached hydrogen (secondary N) is 3. The molecule has 2 aromatic carbocycles. The van der Waals surface area contributed by atoms with E-state index in [1.807, 2.05) is 17.0 Å². The van der Waals surface area contributed by atoms with Crippen molar-refractivity contribution in [1.29, 1.82) is 0 Å². The normalized spacial score (nSPS) is 13.4. The first kappa shape index (κ1) is 29.5. The number of hydrogen-bond acceptors (Lipinski definition) is 6. The molecule has 0 bridgehead atoms. The summed E-state index contributed by atoms with van der Waals surface area (Å²) in [6.07, 6.45) is 6.64. The third-order valence-electron chi connectivity index (χ3n) is 6.96. The number of amides is 2. The largest absolute Gasteiger partial charge is 0.506 e. The molecular formula is C30H44N4O4. The number of rotatable bonds is 17. The highest BCUT2D eigenvalue weighted by Gasteiger charge is 2.22. The molecule has 0 saturated heterocycles. The van der Waals surface area contributed by atoms with E-state index >= 15 is 0 Å². The van der Waals surface area contributed by atoms with Gasteiger partial charge in [-0.3, -0.25) is 9.59 Å². The van der Waals surface area contributed by atoms with Gasteiger partial charge in [0.15, 0.2) is 12.4 Å². The third-order valence-corrected chi connectivity index (χ3v) is 6.96. The van der Waals surface area contributed by atoms with E-state index in [1.54, 1.807) is 6.07 Å². The summed E-state index contributed by atoms with van der Waals surface area (Å²) in [4.78, 5) is 26.8. The zero-order chi connectivity index (χ0) is 27.2. The third kappa shape index (κ3) is 9.33. The van der Waals surface area contributed by atoms with Crippen LogP contribution in [0.4, 0.5) is 5.69 Å². The molecule has 0 fully saturated rings. The van der Waals surface area contributed by atoms with Gasteiger partial charge in [-0.1, -0.05) is 62.6 Å². The molecule has 0 spiro atoms. The fourth-order valence-corrected chi connectivity index (χ4v) is 4.74. The van der Waals surface area contributed by atoms with Gasteiger partial charge in [0, 0.05) is 32.1 Å². The summed E-state index contributed by atoms with van der Waals surface area (Å²) in [6.45, 7) is 7.90. The van der Waals surface area contributed by atoms with E-state index in [-0.39, 0.29) is 30.2 Å². The molecular weight excluding hydrogens is 480 g/mol. The van der Waals surface area contributed by atoms with Crippen LogP contribution in [-0.4, -0.2) is 67.2 Å². The van der Waals surface area contributed by atoms with Crippen molar-refractivity contribution in [2.75, 3.05) is 44.6 Å². The highest BCUT2D eigenvalue weighted by atomic mass is 16.5. The Balaban J connectivity index is 1.43. The van der Waals surface area contributed by atoms with Gasteiger partial charge in [-0.2, -0.15) is 0 Å². The van der Waals surface area contributed by atoms with Gasteiger partial charge >= 0.3 is 0 Å². The van der Waals surface area contributed by atoms with Crippen molar-refractivity contribution < 1.29 is 19.4 Å². The Bertz CT molecular complexity index is 1010. The Morgan fingerprint density at radius 2 is 1.82 bits per heavy atom. The molecule has 1 aliphatic heterocycles. The Hall–Kier alpha value is -3.10. The monoisotopic (exact) mass is 524 g/mol. The molecule has 0 unspecified atom stereocenters. The molecule has 0 aliphatic carbocycles. The minimum atomic E-state index is -0.271. The number of ether oxygens (including phenoxy) is 1. The number of phenolic OH excluding ortho intramolecular Hbond substituents is 1. The van der Waals surface area contributed by atoms with Crippen LogP contribution in [0.1, 0.15) is 57.1 Å². The Kier molecular flexibility index (Phi) is 12.4. The molecule has 4 N–H and O–H groups in total. The molecule has 8 nitrogen and oxygen atoms in total. The summed E-state index contributed by atoms with van der Waals surface area (Å²) in [5, 5.41) is 19.6. The van der Waals surface area contributed by atoms with Gasteiger partial charge in [0.1, 0.15) is 11.4 Å². The van der Waals surface area contributed by atoms with Crippen molar-refractivity contribution in [3.05, 3.63) is 53.6 Å². The topological polar surface area (TPSA) is 103 Å². The second kappa shape index (κ2) is 16.0. The number of benzene rings is 2. The maximum atomic E-state index is 13.1. The molecule has 0 aromatic heterocycles. The van der Waals surface area contributed by atoms with Gasteiger partial charge in [0.05, 0.1) is 0 Å². The number of anilines is 1. The second-order valence-corrected chi connectivity index (χ2v) is 9.95. The lowest BCUT2D eigenvalue weighted by Gasteiger charge is -2.30. The van der Waals surface area contributed by atoms with Crippen LogP contribution in [0.2, 0.25) is 0 Å². The van der Waals surface area contributed by atoms with Crippen LogP contribution in [0.15, 0.2) is 42.5 Å². The number of fused-ring (bicyclic) bond motifs is 1. The van der Waals surface area contributed by atoms with Gasteiger partial charge < -0.3 is 30.7 Å². The maximum absolute atomic E-state index is 13.1. The number of nitrogens with zero attached hydrogens (tertiary/aromatic N) is 1. The molecule has 2 aromatic rings. The van der Waals surface area contributed by atoms with Gasteiger partial charge in [0.25, 0.3) is 5.91 Å². The fraction of sp³-hybridized carbons (Fsp3) is 0.533. The lowest BCUT2D eigenvalue weighted by atomic mass is 10.1. The summed E-state index contributed by atoms with van der Waals surface area (Å²) in [5.41, 5.74) is 2.56. The smallest absolute Gasteiger partial charge is 0.262 e. The quantitative estimate of drug-likeness (QED) is 0.185. The van der Waals surface area contributed by atoms with Crippen molar-refractivity contribution in [2.24, 2.45) is 0 Å². The number of carbonyl (C=O) groups is 2. The molecule has 1 aliphatic rings. The van der Waals surface area contributed by atoms with Crippen LogP contribution in [0.25, 0.3) is 0 Å². The van der Waals surface area contributed by atoms with Gasteiger partial charge in [-0.15, -0.1) is 0 Å². The minimum Gasteiger partial charge on any atom is -0.506 e. The van der Waals surface area contributed by atoms with Gasteiger partial charge in [-0.05, 0) is 56.5 Å². The zero-order valence-electron chi connectivity index (χ0n) is 22.9. The van der Waals surface area contributed by atoms with Crippen molar-refractivity contribution in [1.82, 2.24) is 15.5 Å². The zero-order valence-corrected chi connectivity index (χ0v) is 22.9. The molecule has 8 heteroatoms. The van der Waals surface area contributed by atoms with Crippen LogP contribution in [0, 0.1) is 0 Å². The highest BCUT2D eigenvalue weighted by Crippen LogP contribution is 2.39. The molecule has 2 amide bonds. The number of phenols is 1. The lowest BCUT2D eigenvalue weighted by Crippen LogP contribution is -2.43. The maximum Gasteiger partial charge on any atom is 0.262 e. The predicted molar refractivity (Wildman–Crippen MR) is 152 cm³/mol. The van der Waals surface area contributed by atoms with E-state index in [2.05, 4.69) is 54.1 Å². The van der Waals surface area contributed by atoms with Gasteiger partial charge in [0.2, 0.25) is 5.91 Å². The number of carbonyl (C=O) groups excluding carboxylic acids is 2. The molecule has 1 atom stereocenters. The minimum absolute atomic E-state index is 0.00512. The van der Waals surface area contributed by atoms with E-state index in [4.69, 9.17) is 4.74 Å². The average Bonchev–Trinajstić information content (AvgIpc) is 2.92. The van der Waals surface area contributed by atoms with Crippen molar-refractivity contribution in [2.45, 2.75) is 64.8 Å². The Labute approximate surface area is 227 Å². The lowest BCUT2D eigenvalue weighted by molar-refractivity contribution is -0.133. The van der Waals surface area contributed by atoms with E-state index in [9.17, 15) is 14.7 Å². The van der Waals surface area contributed by atoms with E-state index in [0.717, 1.165) is 31.4 Å². The van der Waals surface area contributed by atoms with Crippen molar-refractivity contribution >= 4 is 17.5 Å². The summed E-state index contributed by atoms with van der Waals surface area (Å²) < 4.78 is 5.57. The molecule has 0 saturated carbocycles. The van der Waals surface area contributed by atoms with Crippen LogP contribution in [0.5, 0.6) is 11.5 Å². The van der Waals surface area contributed by atoms with E-state index in [1.165, 1.54) is 18.4 Å². The number of hydrogen-bond donors (Lipinski definition) is 4. The Morgan fingerprint density at radius 1 is 1.05 bits per heavy atom. The molecule has 208 valence electrons. The highest BCUT2D eigenvalue weighted by molar-refractivity contribution is 5.97. The van der Waals surface area contributed by atoms with Crippen LogP contribution in [0.3, 0.4) is 0 Å². The van der Waals surface area contributed by atoms with Gasteiger partial charge in [-0.25, -0.2) is 0 Å². The molecule has 38 heavy (non-hydrogen) atoms. The summed E-state index contributed by atoms with van der Waals surface area (Å²) >= 11 is 0. The molecule has 1 heterocycles. The van der Waals surface area contributed by atoms with E-state index < -0.39 is 0 Å². The first-order chi connectivity index (χ1) is 18.5. The first-order valence-electron chi connectivity index (χ1n) is 14.0. The van der Waals surface area contributed by atoms with Crippen LogP contribution < -0.4 is 20.7 Å². The summed E-state index contributed by atoms with van der Waals surface area (Å²) in [7, 11) is 0. The average molecular weight is 525 g/mol. The number of aromatic hydroxyl groups is 1. The standard InChI is InChI=1S/C30H44N4O4/c1-3-4-6-9-23(2)34(28(37)16-19-31-17-14-24-10-7-5-8-11-24)21-20-32-18-15-25-12-13-26(35)29-30(25)38-22-27(36)33-29/h5,7-8,10-13,23,31-32,35H,3-4,6,9,14-22H2,1-2H3,(H,33,36)/t23-/m1/s1. The van der Waals surface area contributed by atoms with Crippen LogP contribution >= 0.6 is 0 Å². The summed E-state index contributed by atoms with van der Waals surface area (Å²) in [6, 6.07) is 14.0. The fourth-order valence-electron chi connectivity index (χ4n) is 4.74. The predicted octanol–water partition coefficient (Wildman–Crippen LogP) is 3.88. The van der Waals surface area contributed by atoms with Crippen molar-refractivity contribution in [3.8, 4) is 11.5 Å². The first-order valence-corrected chi connectivity index (χ1v) is 14.0. The van der Waals surface area contributed by atoms with Crippen molar-refractivity contribution in [3.63, 3.8) is 0 Å². The van der Waals surface area contributed by atoms with Crippen LogP contribution in [-0.2, 0) is 22.4 Å². The Morgan fingerprint density at radius 3 is 2.61 bits per heavy atom. The molecule has 0 radical (unpaired) electrons. The van der Waals surface area contributed by atoms with E-state index in [0.29, 0.717) is 50.5 Å². The SMILES string of the molecule is CCCCC[C@@H](C)N(CCNCCc1ccc(O)c2c1OCC(=O)N2)C(=O)CCNCCc1ccccc1. The molecule has 3 rings (SSSR count). The second-order valence-electron chi connectivity index (χ2n) is 9.95. The summed E-state index contributed by atoms with van der Waals surface area (Å²) in [5.74, 6) is 0.463. The number of unbranched alkanes of at least 4 members (excludes halogenated alkanes) is 2.